The van der Waals surface area contributed by atoms with Gasteiger partial charge in [-0.25, -0.2) is 0 Å². The fourth-order valence-electron chi connectivity index (χ4n) is 0.268. The molecule has 0 rings (SSSR count). The molecule has 0 aliphatic rings. The van der Waals surface area contributed by atoms with Crippen LogP contribution in [0.15, 0.2) is 0 Å². The summed E-state index contributed by atoms with van der Waals surface area (Å²) in [5, 5.41) is 0. The van der Waals surface area contributed by atoms with Gasteiger partial charge in [-0.3, -0.25) is 0 Å². The van der Waals surface area contributed by atoms with Gasteiger partial charge in [0, 0.05) is 0 Å². The zero-order chi connectivity index (χ0) is 6.41. The zero-order valence-corrected chi connectivity index (χ0v) is 9.79. The first-order valence-corrected chi connectivity index (χ1v) is 8.89. The molecule has 0 amide bonds. The Morgan fingerprint density at radius 1 is 1.38 bits per heavy atom. The molecule has 0 heterocycles. The zero-order valence-electron chi connectivity index (χ0n) is 5.81. The highest BCUT2D eigenvalue weighted by atomic mass is 28.4. The highest BCUT2D eigenvalue weighted by molar-refractivity contribution is 6.56. The molecule has 0 N–H and O–H groups in total. The van der Waals surface area contributed by atoms with Crippen LogP contribution in [-0.2, 0) is 8.23 Å². The molecule has 5 heteroatoms. The second-order valence-electron chi connectivity index (χ2n) is 1.83. The van der Waals surface area contributed by atoms with Crippen LogP contribution in [0.3, 0.4) is 0 Å². The van der Waals surface area contributed by atoms with Crippen LogP contribution in [-0.4, -0.2) is 28.8 Å². The van der Waals surface area contributed by atoms with Crippen LogP contribution in [0.4, 0.5) is 0 Å². The standard InChI is InChI=1S/C3H14O2Si3/c1-6-4-7-5-8(2)3/h8H,6-7H2,1-3H3. The molecule has 0 fully saturated rings. The van der Waals surface area contributed by atoms with Crippen molar-refractivity contribution >= 4 is 28.8 Å². The molecule has 0 radical (unpaired) electrons. The summed E-state index contributed by atoms with van der Waals surface area (Å²) in [5.41, 5.74) is 0. The van der Waals surface area contributed by atoms with Crippen LogP contribution in [0, 0.1) is 0 Å². The fourth-order valence-corrected chi connectivity index (χ4v) is 3.27. The van der Waals surface area contributed by atoms with Crippen molar-refractivity contribution in [3.63, 3.8) is 0 Å². The van der Waals surface area contributed by atoms with E-state index in [4.69, 9.17) is 8.23 Å². The van der Waals surface area contributed by atoms with Gasteiger partial charge in [-0.2, -0.15) is 0 Å². The normalized spacial score (nSPS) is 13.5. The van der Waals surface area contributed by atoms with Crippen molar-refractivity contribution in [2.24, 2.45) is 0 Å². The van der Waals surface area contributed by atoms with E-state index in [0.29, 0.717) is 0 Å². The van der Waals surface area contributed by atoms with Crippen LogP contribution >= 0.6 is 0 Å². The Kier molecular flexibility index (Phi) is 6.11. The summed E-state index contributed by atoms with van der Waals surface area (Å²) in [5.74, 6) is 0. The molecule has 2 nitrogen and oxygen atoms in total. The smallest absolute Gasteiger partial charge is 0.283 e. The maximum Gasteiger partial charge on any atom is 0.283 e. The number of rotatable bonds is 4. The minimum absolute atomic E-state index is 0.170. The monoisotopic (exact) mass is 166 g/mol. The average molecular weight is 166 g/mol. The quantitative estimate of drug-likeness (QED) is 0.399. The Hall–Kier alpha value is 0.571. The molecular weight excluding hydrogens is 152 g/mol. The second-order valence-corrected chi connectivity index (χ2v) is 7.70. The van der Waals surface area contributed by atoms with Crippen molar-refractivity contribution in [3.8, 4) is 0 Å². The van der Waals surface area contributed by atoms with E-state index >= 15 is 0 Å². The lowest BCUT2D eigenvalue weighted by Crippen LogP contribution is -2.14. The van der Waals surface area contributed by atoms with E-state index in [1.54, 1.807) is 0 Å². The first kappa shape index (κ1) is 8.57. The average Bonchev–Trinajstić information content (AvgIpc) is 1.66. The molecule has 0 aliphatic carbocycles. The molecule has 50 valence electrons. The van der Waals surface area contributed by atoms with Crippen molar-refractivity contribution < 1.29 is 8.23 Å². The molecule has 8 heavy (non-hydrogen) atoms. The minimum atomic E-state index is -0.743. The second kappa shape index (κ2) is 5.70. The van der Waals surface area contributed by atoms with Gasteiger partial charge >= 0.3 is 0 Å². The Bertz CT molecular complexity index is 49.8. The van der Waals surface area contributed by atoms with E-state index in [9.17, 15) is 0 Å². The van der Waals surface area contributed by atoms with Gasteiger partial charge in [-0.1, -0.05) is 6.55 Å². The largest absolute Gasteiger partial charge is 0.447 e. The van der Waals surface area contributed by atoms with Gasteiger partial charge in [-0.15, -0.1) is 0 Å². The van der Waals surface area contributed by atoms with Crippen molar-refractivity contribution in [1.82, 2.24) is 0 Å². The van der Waals surface area contributed by atoms with Crippen molar-refractivity contribution in [2.45, 2.75) is 19.6 Å². The van der Waals surface area contributed by atoms with Crippen LogP contribution in [0.2, 0.25) is 19.6 Å². The van der Waals surface area contributed by atoms with Gasteiger partial charge < -0.3 is 8.23 Å². The van der Waals surface area contributed by atoms with Crippen molar-refractivity contribution in [3.05, 3.63) is 0 Å². The third-order valence-corrected chi connectivity index (χ3v) is 6.20. The van der Waals surface area contributed by atoms with Crippen LogP contribution < -0.4 is 0 Å². The predicted octanol–water partition coefficient (Wildman–Crippen LogP) is -0.866. The van der Waals surface area contributed by atoms with E-state index in [1.807, 2.05) is 0 Å². The third kappa shape index (κ3) is 6.57. The Morgan fingerprint density at radius 3 is 2.38 bits per heavy atom. The summed E-state index contributed by atoms with van der Waals surface area (Å²) in [6.45, 7) is 6.49. The molecule has 0 saturated heterocycles. The van der Waals surface area contributed by atoms with Crippen LogP contribution in [0.25, 0.3) is 0 Å². The van der Waals surface area contributed by atoms with Gasteiger partial charge in [-0.05, 0) is 13.1 Å². The highest BCUT2D eigenvalue weighted by Gasteiger charge is 1.92. The van der Waals surface area contributed by atoms with Crippen LogP contribution in [0.5, 0.6) is 0 Å². The fraction of sp³-hybridized carbons (Fsp3) is 1.00. The van der Waals surface area contributed by atoms with Gasteiger partial charge in [0.1, 0.15) is 9.76 Å². The van der Waals surface area contributed by atoms with E-state index in [2.05, 4.69) is 19.6 Å². The van der Waals surface area contributed by atoms with Gasteiger partial charge in [0.2, 0.25) is 0 Å². The summed E-state index contributed by atoms with van der Waals surface area (Å²) < 4.78 is 10.6. The molecule has 0 aromatic rings. The summed E-state index contributed by atoms with van der Waals surface area (Å²) in [4.78, 5) is 0. The Morgan fingerprint density at radius 2 is 2.00 bits per heavy atom. The van der Waals surface area contributed by atoms with Gasteiger partial charge in [0.15, 0.2) is 9.04 Å². The molecular formula is C3H14O2Si3. The maximum atomic E-state index is 5.37. The third-order valence-electron chi connectivity index (χ3n) is 0.689. The van der Waals surface area contributed by atoms with E-state index in [1.165, 1.54) is 0 Å². The van der Waals surface area contributed by atoms with Gasteiger partial charge in [0.25, 0.3) is 10.0 Å². The Labute approximate surface area is 57.3 Å². The molecule has 0 unspecified atom stereocenters. The highest BCUT2D eigenvalue weighted by Crippen LogP contribution is 1.79. The van der Waals surface area contributed by atoms with E-state index in [-0.39, 0.29) is 9.76 Å². The molecule has 0 aromatic carbocycles. The summed E-state index contributed by atoms with van der Waals surface area (Å²) in [6.07, 6.45) is 0. The lowest BCUT2D eigenvalue weighted by molar-refractivity contribution is 0.488. The lowest BCUT2D eigenvalue weighted by Gasteiger charge is -2.04. The van der Waals surface area contributed by atoms with Crippen molar-refractivity contribution in [1.29, 1.82) is 0 Å². The van der Waals surface area contributed by atoms with Crippen LogP contribution in [0.1, 0.15) is 0 Å². The van der Waals surface area contributed by atoms with E-state index in [0.717, 1.165) is 0 Å². The number of hydrogen-bond acceptors (Lipinski definition) is 2. The Balaban J connectivity index is 2.72. The number of hydrogen-bond donors (Lipinski definition) is 0. The maximum absolute atomic E-state index is 5.37. The lowest BCUT2D eigenvalue weighted by atomic mass is 11.9. The van der Waals surface area contributed by atoms with E-state index < -0.39 is 19.0 Å². The first-order valence-electron chi connectivity index (χ1n) is 2.96. The molecule has 0 bridgehead atoms. The molecule has 0 aromatic heterocycles. The molecule has 0 aliphatic heterocycles. The molecule has 0 saturated carbocycles. The summed E-state index contributed by atoms with van der Waals surface area (Å²) >= 11 is 0. The minimum Gasteiger partial charge on any atom is -0.447 e. The topological polar surface area (TPSA) is 18.5 Å². The van der Waals surface area contributed by atoms with Crippen molar-refractivity contribution in [2.75, 3.05) is 0 Å². The molecule has 0 spiro atoms. The predicted molar refractivity (Wildman–Crippen MR) is 44.0 cm³/mol. The first-order chi connectivity index (χ1) is 3.77. The summed E-state index contributed by atoms with van der Waals surface area (Å²) in [6, 6.07) is 0. The summed E-state index contributed by atoms with van der Waals surface area (Å²) in [7, 11) is -1.43. The molecule has 0 atom stereocenters. The SMILES string of the molecule is C[SiH2]O[SiH2]O[SiH](C)C. The van der Waals surface area contributed by atoms with Gasteiger partial charge in [0.05, 0.1) is 0 Å².